The number of halogens is 2. The molecule has 7 nitrogen and oxygen atoms in total. The van der Waals surface area contributed by atoms with Gasteiger partial charge in [0.15, 0.2) is 11.6 Å². The molecule has 0 spiro atoms. The van der Waals surface area contributed by atoms with E-state index in [0.717, 1.165) is 12.4 Å². The molecule has 1 saturated heterocycles. The number of fused-ring (bicyclic) bond motifs is 1. The van der Waals surface area contributed by atoms with Crippen LogP contribution in [0.1, 0.15) is 25.6 Å². The number of aromatic nitrogens is 3. The van der Waals surface area contributed by atoms with Crippen molar-refractivity contribution < 1.29 is 18.3 Å². The van der Waals surface area contributed by atoms with Crippen LogP contribution in [0.2, 0.25) is 0 Å². The van der Waals surface area contributed by atoms with Crippen molar-refractivity contribution in [3.63, 3.8) is 0 Å². The lowest BCUT2D eigenvalue weighted by atomic mass is 10.1. The molecule has 2 aliphatic heterocycles. The second-order valence-electron chi connectivity index (χ2n) is 6.77. The van der Waals surface area contributed by atoms with Crippen LogP contribution in [-0.4, -0.2) is 58.7 Å². The molecule has 2 atom stereocenters. The fourth-order valence-corrected chi connectivity index (χ4v) is 3.61. The maximum absolute atomic E-state index is 14.6. The Morgan fingerprint density at radius 3 is 2.63 bits per heavy atom. The molecule has 2 aliphatic rings. The van der Waals surface area contributed by atoms with Gasteiger partial charge in [-0.3, -0.25) is 4.90 Å². The molecule has 0 saturated carbocycles. The van der Waals surface area contributed by atoms with E-state index < -0.39 is 11.6 Å². The highest BCUT2D eigenvalue weighted by Gasteiger charge is 2.32. The highest BCUT2D eigenvalue weighted by Crippen LogP contribution is 2.34. The SMILES string of the molecule is C[C@@H]1CN(c2ncc(F)cn2)CCN1[C@H](C)c1nc2c(cc1F)OCCO2. The maximum atomic E-state index is 14.6. The maximum Gasteiger partial charge on any atom is 0.257 e. The van der Waals surface area contributed by atoms with Gasteiger partial charge in [0.2, 0.25) is 5.95 Å². The topological polar surface area (TPSA) is 63.6 Å². The number of rotatable bonds is 3. The van der Waals surface area contributed by atoms with Crippen molar-refractivity contribution in [2.75, 3.05) is 37.7 Å². The Kier molecular flexibility index (Phi) is 4.77. The molecule has 2 aromatic heterocycles. The minimum absolute atomic E-state index is 0.108. The zero-order valence-corrected chi connectivity index (χ0v) is 15.2. The first-order chi connectivity index (χ1) is 13.0. The van der Waals surface area contributed by atoms with Crippen LogP contribution in [0.4, 0.5) is 14.7 Å². The molecular formula is C18H21F2N5O2. The van der Waals surface area contributed by atoms with Crippen molar-refractivity contribution >= 4 is 5.95 Å². The standard InChI is InChI=1S/C18H21F2N5O2/c1-11-10-24(18-21-8-13(19)9-22-18)3-4-25(11)12(2)16-14(20)7-15-17(23-16)27-6-5-26-15/h7-9,11-12H,3-6,10H2,1-2H3/t11-,12-/m1/s1. The van der Waals surface area contributed by atoms with Crippen molar-refractivity contribution in [2.45, 2.75) is 25.9 Å². The van der Waals surface area contributed by atoms with E-state index in [0.29, 0.717) is 56.1 Å². The van der Waals surface area contributed by atoms with E-state index >= 15 is 0 Å². The number of pyridine rings is 1. The van der Waals surface area contributed by atoms with Gasteiger partial charge >= 0.3 is 0 Å². The molecule has 0 radical (unpaired) electrons. The van der Waals surface area contributed by atoms with Crippen LogP contribution in [0.25, 0.3) is 0 Å². The molecule has 4 rings (SSSR count). The van der Waals surface area contributed by atoms with Crippen LogP contribution in [0.3, 0.4) is 0 Å². The first kappa shape index (κ1) is 17.8. The van der Waals surface area contributed by atoms with Gasteiger partial charge in [0.05, 0.1) is 24.1 Å². The average molecular weight is 377 g/mol. The van der Waals surface area contributed by atoms with Gasteiger partial charge < -0.3 is 14.4 Å². The summed E-state index contributed by atoms with van der Waals surface area (Å²) in [6.45, 7) is 6.79. The number of hydrogen-bond acceptors (Lipinski definition) is 7. The van der Waals surface area contributed by atoms with Crippen LogP contribution < -0.4 is 14.4 Å². The third kappa shape index (κ3) is 3.51. The third-order valence-corrected chi connectivity index (χ3v) is 4.98. The molecule has 9 heteroatoms. The van der Waals surface area contributed by atoms with E-state index in [1.54, 1.807) is 0 Å². The van der Waals surface area contributed by atoms with Gasteiger partial charge in [0.25, 0.3) is 5.88 Å². The largest absolute Gasteiger partial charge is 0.484 e. The predicted octanol–water partition coefficient (Wildman–Crippen LogP) is 2.19. The van der Waals surface area contributed by atoms with E-state index in [-0.39, 0.29) is 12.1 Å². The van der Waals surface area contributed by atoms with Crippen LogP contribution in [0, 0.1) is 11.6 Å². The van der Waals surface area contributed by atoms with E-state index in [1.807, 2.05) is 11.8 Å². The Morgan fingerprint density at radius 1 is 1.15 bits per heavy atom. The lowest BCUT2D eigenvalue weighted by molar-refractivity contribution is 0.128. The first-order valence-corrected chi connectivity index (χ1v) is 8.97. The van der Waals surface area contributed by atoms with Crippen molar-refractivity contribution in [1.82, 2.24) is 19.9 Å². The monoisotopic (exact) mass is 377 g/mol. The quantitative estimate of drug-likeness (QED) is 0.812. The van der Waals surface area contributed by atoms with Crippen LogP contribution in [0.5, 0.6) is 11.6 Å². The minimum Gasteiger partial charge on any atom is -0.484 e. The lowest BCUT2D eigenvalue weighted by Crippen LogP contribution is -2.53. The van der Waals surface area contributed by atoms with Gasteiger partial charge in [0, 0.05) is 31.7 Å². The molecule has 0 amide bonds. The molecule has 2 aromatic rings. The molecule has 0 unspecified atom stereocenters. The number of piperazine rings is 1. The fraction of sp³-hybridized carbons (Fsp3) is 0.500. The lowest BCUT2D eigenvalue weighted by Gasteiger charge is -2.42. The fourth-order valence-electron chi connectivity index (χ4n) is 3.61. The molecule has 4 heterocycles. The summed E-state index contributed by atoms with van der Waals surface area (Å²) < 4.78 is 38.5. The molecule has 0 N–H and O–H groups in total. The second-order valence-corrected chi connectivity index (χ2v) is 6.77. The summed E-state index contributed by atoms with van der Waals surface area (Å²) in [5.74, 6) is 0.332. The molecule has 27 heavy (non-hydrogen) atoms. The van der Waals surface area contributed by atoms with Crippen molar-refractivity contribution in [3.05, 3.63) is 35.8 Å². The van der Waals surface area contributed by atoms with Gasteiger partial charge in [-0.25, -0.2) is 23.7 Å². The summed E-state index contributed by atoms with van der Waals surface area (Å²) in [5, 5.41) is 0. The summed E-state index contributed by atoms with van der Waals surface area (Å²) in [5.41, 5.74) is 0.345. The highest BCUT2D eigenvalue weighted by atomic mass is 19.1. The summed E-state index contributed by atoms with van der Waals surface area (Å²) in [4.78, 5) is 16.6. The van der Waals surface area contributed by atoms with Gasteiger partial charge in [-0.2, -0.15) is 0 Å². The Balaban J connectivity index is 1.50. The van der Waals surface area contributed by atoms with E-state index in [4.69, 9.17) is 9.47 Å². The minimum atomic E-state index is -0.459. The predicted molar refractivity (Wildman–Crippen MR) is 94.0 cm³/mol. The van der Waals surface area contributed by atoms with Gasteiger partial charge in [0.1, 0.15) is 19.0 Å². The van der Waals surface area contributed by atoms with Crippen molar-refractivity contribution in [1.29, 1.82) is 0 Å². The number of nitrogens with zero attached hydrogens (tertiary/aromatic N) is 5. The third-order valence-electron chi connectivity index (χ3n) is 4.98. The van der Waals surface area contributed by atoms with E-state index in [1.165, 1.54) is 6.07 Å². The molecule has 0 aromatic carbocycles. The highest BCUT2D eigenvalue weighted by molar-refractivity contribution is 5.38. The molecular weight excluding hydrogens is 356 g/mol. The Labute approximate surface area is 155 Å². The van der Waals surface area contributed by atoms with Crippen LogP contribution >= 0.6 is 0 Å². The van der Waals surface area contributed by atoms with Gasteiger partial charge in [-0.05, 0) is 13.8 Å². The summed E-state index contributed by atoms with van der Waals surface area (Å²) >= 11 is 0. The smallest absolute Gasteiger partial charge is 0.257 e. The summed E-state index contributed by atoms with van der Waals surface area (Å²) in [7, 11) is 0. The normalized spacial score (nSPS) is 21.2. The summed E-state index contributed by atoms with van der Waals surface area (Å²) in [6.07, 6.45) is 2.33. The molecule has 0 bridgehead atoms. The number of hydrogen-bond donors (Lipinski definition) is 0. The zero-order valence-electron chi connectivity index (χ0n) is 15.2. The second kappa shape index (κ2) is 7.22. The van der Waals surface area contributed by atoms with Crippen molar-refractivity contribution in [2.24, 2.45) is 0 Å². The van der Waals surface area contributed by atoms with Crippen molar-refractivity contribution in [3.8, 4) is 11.6 Å². The Bertz CT molecular complexity index is 820. The van der Waals surface area contributed by atoms with Gasteiger partial charge in [-0.15, -0.1) is 0 Å². The zero-order chi connectivity index (χ0) is 19.0. The first-order valence-electron chi connectivity index (χ1n) is 8.97. The van der Waals surface area contributed by atoms with Gasteiger partial charge in [-0.1, -0.05) is 0 Å². The van der Waals surface area contributed by atoms with E-state index in [9.17, 15) is 8.78 Å². The molecule has 1 fully saturated rings. The van der Waals surface area contributed by atoms with E-state index in [2.05, 4.69) is 26.8 Å². The molecule has 0 aliphatic carbocycles. The number of ether oxygens (including phenoxy) is 2. The average Bonchev–Trinajstić information content (AvgIpc) is 2.67. The molecule has 144 valence electrons. The number of anilines is 1. The Morgan fingerprint density at radius 2 is 1.89 bits per heavy atom. The Hall–Kier alpha value is -2.55. The van der Waals surface area contributed by atoms with Crippen LogP contribution in [0.15, 0.2) is 18.5 Å². The summed E-state index contributed by atoms with van der Waals surface area (Å²) in [6, 6.07) is 1.23. The van der Waals surface area contributed by atoms with Crippen LogP contribution in [-0.2, 0) is 0 Å².